The minimum absolute atomic E-state index is 0.109. The van der Waals surface area contributed by atoms with Crippen molar-refractivity contribution in [2.24, 2.45) is 11.8 Å². The third-order valence-electron chi connectivity index (χ3n) is 19.7. The Morgan fingerprint density at radius 2 is 0.447 bits per heavy atom. The Bertz CT molecular complexity index is 1980. The van der Waals surface area contributed by atoms with Gasteiger partial charge in [0.25, 0.3) is 0 Å². The molecule has 0 aromatic heterocycles. The summed E-state index contributed by atoms with van der Waals surface area (Å²) in [5, 5.41) is 10.7. The van der Waals surface area contributed by atoms with Crippen LogP contribution in [0.4, 0.5) is 0 Å². The van der Waals surface area contributed by atoms with Gasteiger partial charge in [-0.25, -0.2) is 9.13 Å². The van der Waals surface area contributed by atoms with E-state index in [0.29, 0.717) is 25.7 Å². The molecule has 0 saturated heterocycles. The molecule has 0 saturated carbocycles. The minimum Gasteiger partial charge on any atom is -0.462 e. The Hall–Kier alpha value is -1.94. The summed E-state index contributed by atoms with van der Waals surface area (Å²) in [7, 11) is -9.92. The van der Waals surface area contributed by atoms with Crippen molar-refractivity contribution in [3.05, 3.63) is 0 Å². The fourth-order valence-corrected chi connectivity index (χ4v) is 14.6. The maximum Gasteiger partial charge on any atom is 0.472 e. The van der Waals surface area contributed by atoms with Gasteiger partial charge in [0, 0.05) is 25.7 Å². The van der Waals surface area contributed by atoms with E-state index >= 15 is 0 Å². The van der Waals surface area contributed by atoms with E-state index < -0.39 is 97.5 Å². The molecular formula is C84H164O17P2. The van der Waals surface area contributed by atoms with Crippen molar-refractivity contribution in [3.63, 3.8) is 0 Å². The fraction of sp³-hybridized carbons (Fsp3) is 0.952. The zero-order valence-corrected chi connectivity index (χ0v) is 69.4. The van der Waals surface area contributed by atoms with Crippen molar-refractivity contribution in [3.8, 4) is 0 Å². The van der Waals surface area contributed by atoms with E-state index in [9.17, 15) is 43.2 Å². The fourth-order valence-electron chi connectivity index (χ4n) is 13.1. The van der Waals surface area contributed by atoms with E-state index in [1.54, 1.807) is 0 Å². The van der Waals surface area contributed by atoms with Crippen molar-refractivity contribution < 1.29 is 80.2 Å². The van der Waals surface area contributed by atoms with Gasteiger partial charge in [-0.2, -0.15) is 0 Å². The summed E-state index contributed by atoms with van der Waals surface area (Å²) in [5.41, 5.74) is 0. The topological polar surface area (TPSA) is 237 Å². The first kappa shape index (κ1) is 101. The highest BCUT2D eigenvalue weighted by Gasteiger charge is 2.30. The van der Waals surface area contributed by atoms with E-state index in [-0.39, 0.29) is 25.7 Å². The summed E-state index contributed by atoms with van der Waals surface area (Å²) < 4.78 is 68.8. The van der Waals surface area contributed by atoms with Crippen LogP contribution in [0.2, 0.25) is 0 Å². The lowest BCUT2D eigenvalue weighted by atomic mass is 10.0. The van der Waals surface area contributed by atoms with Crippen LogP contribution in [0.5, 0.6) is 0 Å². The van der Waals surface area contributed by atoms with Gasteiger partial charge in [-0.15, -0.1) is 0 Å². The molecule has 3 N–H and O–H groups in total. The maximum atomic E-state index is 13.1. The molecule has 0 heterocycles. The van der Waals surface area contributed by atoms with Crippen LogP contribution in [0, 0.1) is 11.8 Å². The van der Waals surface area contributed by atoms with Gasteiger partial charge in [0.2, 0.25) is 0 Å². The molecule has 103 heavy (non-hydrogen) atoms. The summed E-state index contributed by atoms with van der Waals surface area (Å²) in [5.74, 6) is -0.491. The molecule has 0 amide bonds. The molecule has 0 aliphatic carbocycles. The van der Waals surface area contributed by atoms with Crippen LogP contribution in [0.25, 0.3) is 0 Å². The quantitative estimate of drug-likeness (QED) is 0.0222. The molecule has 19 heteroatoms. The highest BCUT2D eigenvalue weighted by atomic mass is 31.2. The molecule has 0 aromatic rings. The first-order valence-electron chi connectivity index (χ1n) is 43.5. The molecule has 0 spiro atoms. The van der Waals surface area contributed by atoms with Crippen molar-refractivity contribution in [2.75, 3.05) is 39.6 Å². The smallest absolute Gasteiger partial charge is 0.462 e. The monoisotopic (exact) mass is 1510 g/mol. The Balaban J connectivity index is 5.19. The highest BCUT2D eigenvalue weighted by Crippen LogP contribution is 2.45. The van der Waals surface area contributed by atoms with Crippen LogP contribution in [0.3, 0.4) is 0 Å². The number of esters is 4. The SMILES string of the molecule is CCCCCCCCCCCCCCCCCCCCC(=O)O[C@H](COC(=O)CCCCCCCCCC)COP(=O)(O)OC[C@H](O)COP(=O)(O)OC[C@@H](COC(=O)CCCCCCCCCCCCCCCCCC(C)C)OC(=O)CCCCCCCCCCCCCCCCCCC(C)C. The lowest BCUT2D eigenvalue weighted by molar-refractivity contribution is -0.161. The van der Waals surface area contributed by atoms with Gasteiger partial charge in [0.05, 0.1) is 26.4 Å². The third kappa shape index (κ3) is 78.0. The highest BCUT2D eigenvalue weighted by molar-refractivity contribution is 7.47. The van der Waals surface area contributed by atoms with Gasteiger partial charge in [-0.1, -0.05) is 395 Å². The molecule has 0 aliphatic rings. The second-order valence-electron chi connectivity index (χ2n) is 31.2. The number of hydrogen-bond acceptors (Lipinski definition) is 15. The second kappa shape index (κ2) is 75.5. The van der Waals surface area contributed by atoms with Crippen LogP contribution >= 0.6 is 15.6 Å². The molecule has 0 rings (SSSR count). The van der Waals surface area contributed by atoms with E-state index in [0.717, 1.165) is 108 Å². The first-order chi connectivity index (χ1) is 49.9. The summed E-state index contributed by atoms with van der Waals surface area (Å²) in [6.07, 6.45) is 66.7. The second-order valence-corrected chi connectivity index (χ2v) is 34.1. The number of carbonyl (C=O) groups excluding carboxylic acids is 4. The molecule has 2 unspecified atom stereocenters. The van der Waals surface area contributed by atoms with E-state index in [1.165, 1.54) is 257 Å². The van der Waals surface area contributed by atoms with Crippen molar-refractivity contribution in [1.29, 1.82) is 0 Å². The number of carbonyl (C=O) groups is 4. The maximum absolute atomic E-state index is 13.1. The predicted molar refractivity (Wildman–Crippen MR) is 423 cm³/mol. The zero-order valence-electron chi connectivity index (χ0n) is 67.6. The average Bonchev–Trinajstić information content (AvgIpc) is 0.907. The number of phosphoric ester groups is 2. The lowest BCUT2D eigenvalue weighted by Crippen LogP contribution is -2.30. The van der Waals surface area contributed by atoms with E-state index in [2.05, 4.69) is 41.5 Å². The standard InChI is InChI=1S/C84H164O17P2/c1-7-9-11-13-15-17-18-19-20-21-22-28-34-39-44-50-56-62-68-83(88)100-79(72-94-81(86)66-60-54-48-16-14-12-10-8-2)74-98-102(90,91)96-70-78(85)71-97-103(92,93)99-75-80(73-95-82(87)67-61-55-49-43-38-33-30-25-27-32-37-42-47-53-59-65-77(5)6)101-84(89)69-63-57-51-45-40-35-29-24-23-26-31-36-41-46-52-58-64-76(3)4/h76-80,85H,7-75H2,1-6H3,(H,90,91)(H,92,93)/t78-,79+,80+/m0/s1. The zero-order chi connectivity index (χ0) is 75.6. The van der Waals surface area contributed by atoms with Gasteiger partial charge in [-0.05, 0) is 37.5 Å². The summed E-state index contributed by atoms with van der Waals surface area (Å²) in [4.78, 5) is 73.1. The van der Waals surface area contributed by atoms with Crippen molar-refractivity contribution in [1.82, 2.24) is 0 Å². The van der Waals surface area contributed by atoms with Crippen LogP contribution < -0.4 is 0 Å². The van der Waals surface area contributed by atoms with E-state index in [4.69, 9.17) is 37.0 Å². The lowest BCUT2D eigenvalue weighted by Gasteiger charge is -2.21. The minimum atomic E-state index is -4.96. The summed E-state index contributed by atoms with van der Waals surface area (Å²) in [6, 6.07) is 0. The van der Waals surface area contributed by atoms with Crippen LogP contribution in [0.1, 0.15) is 446 Å². The molecule has 0 bridgehead atoms. The van der Waals surface area contributed by atoms with Gasteiger partial charge in [-0.3, -0.25) is 37.3 Å². The van der Waals surface area contributed by atoms with E-state index in [1.807, 2.05) is 0 Å². The number of unbranched alkanes of at least 4 members (excludes halogenated alkanes) is 53. The number of phosphoric acid groups is 2. The normalized spacial score (nSPS) is 13.9. The number of hydrogen-bond donors (Lipinski definition) is 3. The molecule has 17 nitrogen and oxygen atoms in total. The Kier molecular flexibility index (Phi) is 74.1. The molecule has 0 fully saturated rings. The predicted octanol–water partition coefficient (Wildman–Crippen LogP) is 25.5. The van der Waals surface area contributed by atoms with Crippen molar-refractivity contribution in [2.45, 2.75) is 464 Å². The van der Waals surface area contributed by atoms with Gasteiger partial charge < -0.3 is 33.8 Å². The van der Waals surface area contributed by atoms with Gasteiger partial charge in [0.1, 0.15) is 19.3 Å². The Labute approximate surface area is 632 Å². The molecule has 0 radical (unpaired) electrons. The van der Waals surface area contributed by atoms with Crippen LogP contribution in [0.15, 0.2) is 0 Å². The summed E-state index contributed by atoms with van der Waals surface area (Å²) >= 11 is 0. The Morgan fingerprint density at radius 3 is 0.660 bits per heavy atom. The molecule has 0 aromatic carbocycles. The first-order valence-corrected chi connectivity index (χ1v) is 46.5. The van der Waals surface area contributed by atoms with Crippen molar-refractivity contribution >= 4 is 39.5 Å². The van der Waals surface area contributed by atoms with Crippen LogP contribution in [-0.4, -0.2) is 96.7 Å². The number of aliphatic hydroxyl groups excluding tert-OH is 1. The molecule has 612 valence electrons. The molecular weight excluding hydrogens is 1340 g/mol. The largest absolute Gasteiger partial charge is 0.472 e. The average molecular weight is 1510 g/mol. The Morgan fingerprint density at radius 1 is 0.262 bits per heavy atom. The summed E-state index contributed by atoms with van der Waals surface area (Å²) in [6.45, 7) is 9.69. The molecule has 0 aliphatic heterocycles. The number of rotatable bonds is 83. The number of ether oxygens (including phenoxy) is 4. The molecule has 5 atom stereocenters. The number of aliphatic hydroxyl groups is 1. The van der Waals surface area contributed by atoms with Gasteiger partial charge >= 0.3 is 39.5 Å². The third-order valence-corrected chi connectivity index (χ3v) is 21.6. The van der Waals surface area contributed by atoms with Crippen LogP contribution in [-0.2, 0) is 65.4 Å². The van der Waals surface area contributed by atoms with Gasteiger partial charge in [0.15, 0.2) is 12.2 Å².